The highest BCUT2D eigenvalue weighted by Gasteiger charge is 2.32. The van der Waals surface area contributed by atoms with Crippen LogP contribution in [0.3, 0.4) is 0 Å². The molecule has 106 valence electrons. The standard InChI is InChI=1S/C15H30N2O/c1-4-15(3)12-17(9-5-8-16-15)13(2)14-6-10-18-11-7-14/h13-14,16H,4-12H2,1-3H3. The lowest BCUT2D eigenvalue weighted by atomic mass is 9.90. The van der Waals surface area contributed by atoms with Crippen LogP contribution in [0.5, 0.6) is 0 Å². The van der Waals surface area contributed by atoms with Crippen LogP contribution in [0.1, 0.15) is 46.5 Å². The minimum Gasteiger partial charge on any atom is -0.381 e. The zero-order chi connectivity index (χ0) is 13.0. The van der Waals surface area contributed by atoms with E-state index in [9.17, 15) is 0 Å². The van der Waals surface area contributed by atoms with Crippen molar-refractivity contribution in [2.24, 2.45) is 5.92 Å². The van der Waals surface area contributed by atoms with Gasteiger partial charge in [0.05, 0.1) is 0 Å². The highest BCUT2D eigenvalue weighted by atomic mass is 16.5. The Balaban J connectivity index is 1.96. The van der Waals surface area contributed by atoms with Gasteiger partial charge >= 0.3 is 0 Å². The molecule has 0 aromatic rings. The Hall–Kier alpha value is -0.120. The molecule has 18 heavy (non-hydrogen) atoms. The van der Waals surface area contributed by atoms with Crippen LogP contribution in [-0.4, -0.2) is 49.3 Å². The van der Waals surface area contributed by atoms with Crippen molar-refractivity contribution < 1.29 is 4.74 Å². The summed E-state index contributed by atoms with van der Waals surface area (Å²) in [4.78, 5) is 2.72. The molecule has 2 aliphatic rings. The summed E-state index contributed by atoms with van der Waals surface area (Å²) in [6, 6.07) is 0.708. The van der Waals surface area contributed by atoms with E-state index in [0.717, 1.165) is 19.1 Å². The quantitative estimate of drug-likeness (QED) is 0.836. The topological polar surface area (TPSA) is 24.5 Å². The number of nitrogens with one attached hydrogen (secondary N) is 1. The molecule has 3 heteroatoms. The van der Waals surface area contributed by atoms with Gasteiger partial charge in [-0.05, 0) is 58.5 Å². The van der Waals surface area contributed by atoms with E-state index in [2.05, 4.69) is 31.0 Å². The van der Waals surface area contributed by atoms with E-state index in [1.165, 1.54) is 45.3 Å². The van der Waals surface area contributed by atoms with E-state index in [4.69, 9.17) is 4.74 Å². The van der Waals surface area contributed by atoms with Gasteiger partial charge in [0.1, 0.15) is 0 Å². The number of ether oxygens (including phenoxy) is 1. The van der Waals surface area contributed by atoms with Gasteiger partial charge in [-0.25, -0.2) is 0 Å². The Bertz CT molecular complexity index is 253. The summed E-state index contributed by atoms with van der Waals surface area (Å²) in [6.07, 6.45) is 4.98. The third-order valence-corrected chi connectivity index (χ3v) is 5.03. The SMILES string of the molecule is CCC1(C)CN(C(C)C2CCOCC2)CCCN1. The van der Waals surface area contributed by atoms with E-state index in [1.54, 1.807) is 0 Å². The Morgan fingerprint density at radius 3 is 2.78 bits per heavy atom. The number of hydrogen-bond acceptors (Lipinski definition) is 3. The summed E-state index contributed by atoms with van der Waals surface area (Å²) in [5.41, 5.74) is 0.302. The highest BCUT2D eigenvalue weighted by molar-refractivity contribution is 4.91. The van der Waals surface area contributed by atoms with Gasteiger partial charge in [-0.15, -0.1) is 0 Å². The molecule has 0 aromatic carbocycles. The predicted octanol–water partition coefficient (Wildman–Crippen LogP) is 2.27. The first-order valence-corrected chi connectivity index (χ1v) is 7.71. The Morgan fingerprint density at radius 1 is 1.39 bits per heavy atom. The van der Waals surface area contributed by atoms with Crippen molar-refractivity contribution in [3.8, 4) is 0 Å². The van der Waals surface area contributed by atoms with Crippen molar-refractivity contribution in [1.29, 1.82) is 0 Å². The lowest BCUT2D eigenvalue weighted by Gasteiger charge is -2.40. The average molecular weight is 254 g/mol. The van der Waals surface area contributed by atoms with Crippen LogP contribution in [0.4, 0.5) is 0 Å². The largest absolute Gasteiger partial charge is 0.381 e. The first-order chi connectivity index (χ1) is 8.64. The Morgan fingerprint density at radius 2 is 2.11 bits per heavy atom. The van der Waals surface area contributed by atoms with Crippen LogP contribution in [0.25, 0.3) is 0 Å². The Labute approximate surface area is 112 Å². The Kier molecular flexibility index (Phi) is 5.05. The summed E-state index contributed by atoms with van der Waals surface area (Å²) in [5, 5.41) is 3.73. The van der Waals surface area contributed by atoms with E-state index >= 15 is 0 Å². The second-order valence-electron chi connectivity index (χ2n) is 6.36. The van der Waals surface area contributed by atoms with Crippen LogP contribution in [0.2, 0.25) is 0 Å². The van der Waals surface area contributed by atoms with Crippen molar-refractivity contribution >= 4 is 0 Å². The molecule has 0 bridgehead atoms. The van der Waals surface area contributed by atoms with Gasteiger partial charge in [0.25, 0.3) is 0 Å². The lowest BCUT2D eigenvalue weighted by Crippen LogP contribution is -2.52. The number of hydrogen-bond donors (Lipinski definition) is 1. The lowest BCUT2D eigenvalue weighted by molar-refractivity contribution is 0.0261. The van der Waals surface area contributed by atoms with E-state index in [1.807, 2.05) is 0 Å². The molecule has 3 nitrogen and oxygen atoms in total. The first-order valence-electron chi connectivity index (χ1n) is 7.71. The third kappa shape index (κ3) is 3.46. The molecule has 2 saturated heterocycles. The van der Waals surface area contributed by atoms with Gasteiger partial charge in [-0.3, -0.25) is 4.90 Å². The second kappa shape index (κ2) is 6.36. The van der Waals surface area contributed by atoms with Crippen molar-refractivity contribution in [3.05, 3.63) is 0 Å². The van der Waals surface area contributed by atoms with E-state index in [-0.39, 0.29) is 0 Å². The average Bonchev–Trinajstić information content (AvgIpc) is 2.62. The van der Waals surface area contributed by atoms with Gasteiger partial charge in [-0.2, -0.15) is 0 Å². The molecule has 2 rings (SSSR count). The maximum Gasteiger partial charge on any atom is 0.0469 e. The summed E-state index contributed by atoms with van der Waals surface area (Å²) in [6.45, 7) is 12.7. The first kappa shape index (κ1) is 14.3. The van der Waals surface area contributed by atoms with Crippen LogP contribution in [-0.2, 0) is 4.74 Å². The van der Waals surface area contributed by atoms with Crippen molar-refractivity contribution in [3.63, 3.8) is 0 Å². The summed E-state index contributed by atoms with van der Waals surface area (Å²) in [5.74, 6) is 0.831. The van der Waals surface area contributed by atoms with Crippen LogP contribution in [0, 0.1) is 5.92 Å². The molecular weight excluding hydrogens is 224 g/mol. The number of nitrogens with zero attached hydrogens (tertiary/aromatic N) is 1. The van der Waals surface area contributed by atoms with Crippen molar-refractivity contribution in [1.82, 2.24) is 10.2 Å². The zero-order valence-electron chi connectivity index (χ0n) is 12.4. The van der Waals surface area contributed by atoms with Crippen molar-refractivity contribution in [2.75, 3.05) is 32.8 Å². The molecule has 0 saturated carbocycles. The molecule has 0 aromatic heterocycles. The van der Waals surface area contributed by atoms with Crippen LogP contribution in [0.15, 0.2) is 0 Å². The van der Waals surface area contributed by atoms with E-state index < -0.39 is 0 Å². The molecule has 2 fully saturated rings. The maximum atomic E-state index is 5.49. The second-order valence-corrected chi connectivity index (χ2v) is 6.36. The van der Waals surface area contributed by atoms with Gasteiger partial charge in [0, 0.05) is 31.3 Å². The van der Waals surface area contributed by atoms with Gasteiger partial charge < -0.3 is 10.1 Å². The summed E-state index contributed by atoms with van der Waals surface area (Å²) < 4.78 is 5.49. The fourth-order valence-corrected chi connectivity index (χ4v) is 3.34. The molecule has 2 heterocycles. The molecule has 0 radical (unpaired) electrons. The van der Waals surface area contributed by atoms with Gasteiger partial charge in [0.2, 0.25) is 0 Å². The molecule has 1 N–H and O–H groups in total. The van der Waals surface area contributed by atoms with Crippen LogP contribution >= 0.6 is 0 Å². The monoisotopic (exact) mass is 254 g/mol. The molecule has 0 spiro atoms. The predicted molar refractivity (Wildman–Crippen MR) is 75.9 cm³/mol. The van der Waals surface area contributed by atoms with Gasteiger partial charge in [0.15, 0.2) is 0 Å². The maximum absolute atomic E-state index is 5.49. The molecule has 2 unspecified atom stereocenters. The van der Waals surface area contributed by atoms with Crippen LogP contribution < -0.4 is 5.32 Å². The summed E-state index contributed by atoms with van der Waals surface area (Å²) in [7, 11) is 0. The zero-order valence-corrected chi connectivity index (χ0v) is 12.4. The minimum absolute atomic E-state index is 0.302. The van der Waals surface area contributed by atoms with Gasteiger partial charge in [-0.1, -0.05) is 6.92 Å². The molecule has 2 aliphatic heterocycles. The molecule has 0 aliphatic carbocycles. The fourth-order valence-electron chi connectivity index (χ4n) is 3.34. The molecular formula is C15H30N2O. The molecule has 2 atom stereocenters. The minimum atomic E-state index is 0.302. The fraction of sp³-hybridized carbons (Fsp3) is 1.00. The molecule has 0 amide bonds. The number of rotatable bonds is 3. The third-order valence-electron chi connectivity index (χ3n) is 5.03. The van der Waals surface area contributed by atoms with E-state index in [0.29, 0.717) is 11.6 Å². The van der Waals surface area contributed by atoms with Crippen molar-refractivity contribution in [2.45, 2.75) is 58.0 Å². The highest BCUT2D eigenvalue weighted by Crippen LogP contribution is 2.25. The normalized spacial score (nSPS) is 34.2. The summed E-state index contributed by atoms with van der Waals surface area (Å²) >= 11 is 0. The smallest absolute Gasteiger partial charge is 0.0469 e.